The molecule has 142 valence electrons. The predicted octanol–water partition coefficient (Wildman–Crippen LogP) is 4.91. The Labute approximate surface area is 159 Å². The van der Waals surface area contributed by atoms with E-state index in [1.165, 1.54) is 5.56 Å². The summed E-state index contributed by atoms with van der Waals surface area (Å²) >= 11 is 0. The molecule has 0 N–H and O–H groups in total. The van der Waals surface area contributed by atoms with Crippen LogP contribution in [0, 0.1) is 6.92 Å². The van der Waals surface area contributed by atoms with Crippen LogP contribution in [0.25, 0.3) is 22.8 Å². The minimum Gasteiger partial charge on any atom is -0.490 e. The lowest BCUT2D eigenvalue weighted by Gasteiger charge is -2.16. The standard InChI is InChI=1S/C21H24N2O4/c1-5-24-17-12-16(13-18(25-6-2)19(17)26-7-3)21-22-20(23-27-21)15-10-8-14(4)9-11-15/h8-13H,5-7H2,1-4H3. The Morgan fingerprint density at radius 1 is 0.815 bits per heavy atom. The molecule has 1 heterocycles. The Hall–Kier alpha value is -3.02. The Morgan fingerprint density at radius 2 is 1.41 bits per heavy atom. The van der Waals surface area contributed by atoms with Crippen molar-refractivity contribution in [3.8, 4) is 40.1 Å². The molecular formula is C21H24N2O4. The maximum atomic E-state index is 5.75. The first-order valence-electron chi connectivity index (χ1n) is 9.13. The number of aromatic nitrogens is 2. The lowest BCUT2D eigenvalue weighted by Crippen LogP contribution is -2.03. The largest absolute Gasteiger partial charge is 0.490 e. The number of ether oxygens (including phenoxy) is 3. The van der Waals surface area contributed by atoms with Crippen LogP contribution >= 0.6 is 0 Å². The van der Waals surface area contributed by atoms with Gasteiger partial charge in [0.2, 0.25) is 11.6 Å². The summed E-state index contributed by atoms with van der Waals surface area (Å²) in [5.41, 5.74) is 2.80. The van der Waals surface area contributed by atoms with Gasteiger partial charge in [-0.2, -0.15) is 4.98 Å². The average molecular weight is 368 g/mol. The van der Waals surface area contributed by atoms with Crippen molar-refractivity contribution in [1.29, 1.82) is 0 Å². The summed E-state index contributed by atoms with van der Waals surface area (Å²) in [4.78, 5) is 4.53. The van der Waals surface area contributed by atoms with E-state index in [9.17, 15) is 0 Å². The van der Waals surface area contributed by atoms with Crippen molar-refractivity contribution in [2.75, 3.05) is 19.8 Å². The summed E-state index contributed by atoms with van der Waals surface area (Å²) in [6.07, 6.45) is 0. The summed E-state index contributed by atoms with van der Waals surface area (Å²) in [7, 11) is 0. The zero-order chi connectivity index (χ0) is 19.2. The molecule has 0 fully saturated rings. The fourth-order valence-electron chi connectivity index (χ4n) is 2.67. The Morgan fingerprint density at radius 3 is 1.96 bits per heavy atom. The predicted molar refractivity (Wildman–Crippen MR) is 103 cm³/mol. The lowest BCUT2D eigenvalue weighted by atomic mass is 10.1. The van der Waals surface area contributed by atoms with E-state index in [1.807, 2.05) is 64.1 Å². The topological polar surface area (TPSA) is 66.6 Å². The van der Waals surface area contributed by atoms with Gasteiger partial charge in [-0.3, -0.25) is 0 Å². The molecule has 1 aromatic heterocycles. The quantitative estimate of drug-likeness (QED) is 0.563. The van der Waals surface area contributed by atoms with Gasteiger partial charge in [0, 0.05) is 11.1 Å². The summed E-state index contributed by atoms with van der Waals surface area (Å²) in [6.45, 7) is 9.33. The lowest BCUT2D eigenvalue weighted by molar-refractivity contribution is 0.261. The molecule has 0 saturated carbocycles. The first-order chi connectivity index (χ1) is 13.2. The normalized spacial score (nSPS) is 10.7. The maximum absolute atomic E-state index is 5.75. The highest BCUT2D eigenvalue weighted by Gasteiger charge is 2.19. The Kier molecular flexibility index (Phi) is 5.96. The van der Waals surface area contributed by atoms with Crippen LogP contribution < -0.4 is 14.2 Å². The second-order valence-corrected chi connectivity index (χ2v) is 5.89. The molecule has 0 spiro atoms. The third-order valence-corrected chi connectivity index (χ3v) is 3.89. The summed E-state index contributed by atoms with van der Waals surface area (Å²) in [6, 6.07) is 11.6. The van der Waals surface area contributed by atoms with Crippen LogP contribution in [0.2, 0.25) is 0 Å². The van der Waals surface area contributed by atoms with E-state index in [1.54, 1.807) is 0 Å². The summed E-state index contributed by atoms with van der Waals surface area (Å²) in [5, 5.41) is 4.10. The van der Waals surface area contributed by atoms with Crippen LogP contribution in [0.15, 0.2) is 40.9 Å². The second kappa shape index (κ2) is 8.58. The van der Waals surface area contributed by atoms with Crippen molar-refractivity contribution < 1.29 is 18.7 Å². The van der Waals surface area contributed by atoms with E-state index >= 15 is 0 Å². The molecule has 27 heavy (non-hydrogen) atoms. The molecule has 0 radical (unpaired) electrons. The average Bonchev–Trinajstić information content (AvgIpc) is 3.15. The molecule has 0 aliphatic rings. The van der Waals surface area contributed by atoms with Crippen molar-refractivity contribution in [1.82, 2.24) is 10.1 Å². The zero-order valence-electron chi connectivity index (χ0n) is 16.1. The molecule has 6 nitrogen and oxygen atoms in total. The summed E-state index contributed by atoms with van der Waals surface area (Å²) < 4.78 is 22.7. The Balaban J connectivity index is 2.01. The minimum absolute atomic E-state index is 0.399. The van der Waals surface area contributed by atoms with Crippen molar-refractivity contribution >= 4 is 0 Å². The van der Waals surface area contributed by atoms with E-state index in [0.717, 1.165) is 11.1 Å². The third kappa shape index (κ3) is 4.22. The van der Waals surface area contributed by atoms with Crippen LogP contribution in [-0.2, 0) is 0 Å². The van der Waals surface area contributed by atoms with E-state index in [0.29, 0.717) is 48.8 Å². The summed E-state index contributed by atoms with van der Waals surface area (Å²) in [5.74, 6) is 2.71. The molecule has 0 saturated heterocycles. The van der Waals surface area contributed by atoms with E-state index < -0.39 is 0 Å². The van der Waals surface area contributed by atoms with Crippen LogP contribution in [0.1, 0.15) is 26.3 Å². The van der Waals surface area contributed by atoms with Crippen molar-refractivity contribution in [3.05, 3.63) is 42.0 Å². The molecule has 3 rings (SSSR count). The zero-order valence-corrected chi connectivity index (χ0v) is 16.1. The number of rotatable bonds is 8. The fraction of sp³-hybridized carbons (Fsp3) is 0.333. The minimum atomic E-state index is 0.399. The molecule has 6 heteroatoms. The van der Waals surface area contributed by atoms with Gasteiger partial charge in [0.05, 0.1) is 19.8 Å². The fourth-order valence-corrected chi connectivity index (χ4v) is 2.67. The third-order valence-electron chi connectivity index (χ3n) is 3.89. The van der Waals surface area contributed by atoms with Crippen LogP contribution in [0.5, 0.6) is 17.2 Å². The molecule has 0 amide bonds. The first-order valence-corrected chi connectivity index (χ1v) is 9.13. The molecule has 0 aliphatic carbocycles. The van der Waals surface area contributed by atoms with Crippen molar-refractivity contribution in [2.24, 2.45) is 0 Å². The monoisotopic (exact) mass is 368 g/mol. The first kappa shape index (κ1) is 18.8. The molecule has 2 aromatic carbocycles. The van der Waals surface area contributed by atoms with Gasteiger partial charge >= 0.3 is 0 Å². The number of aryl methyl sites for hydroxylation is 1. The molecule has 0 atom stereocenters. The highest BCUT2D eigenvalue weighted by molar-refractivity contribution is 5.67. The highest BCUT2D eigenvalue weighted by Crippen LogP contribution is 2.41. The highest BCUT2D eigenvalue weighted by atomic mass is 16.5. The van der Waals surface area contributed by atoms with Crippen molar-refractivity contribution in [3.63, 3.8) is 0 Å². The molecular weight excluding hydrogens is 344 g/mol. The molecule has 0 unspecified atom stereocenters. The smallest absolute Gasteiger partial charge is 0.258 e. The van der Waals surface area contributed by atoms with E-state index in [2.05, 4.69) is 10.1 Å². The van der Waals surface area contributed by atoms with Gasteiger partial charge in [0.25, 0.3) is 5.89 Å². The number of hydrogen-bond donors (Lipinski definition) is 0. The number of benzene rings is 2. The van der Waals surface area contributed by atoms with E-state index in [-0.39, 0.29) is 0 Å². The van der Waals surface area contributed by atoms with Crippen LogP contribution in [-0.4, -0.2) is 30.0 Å². The second-order valence-electron chi connectivity index (χ2n) is 5.89. The van der Waals surface area contributed by atoms with Gasteiger partial charge in [-0.05, 0) is 39.8 Å². The van der Waals surface area contributed by atoms with Gasteiger partial charge in [-0.1, -0.05) is 35.0 Å². The molecule has 3 aromatic rings. The maximum Gasteiger partial charge on any atom is 0.258 e. The van der Waals surface area contributed by atoms with Crippen LogP contribution in [0.3, 0.4) is 0 Å². The number of hydrogen-bond acceptors (Lipinski definition) is 6. The van der Waals surface area contributed by atoms with Gasteiger partial charge in [0.15, 0.2) is 11.5 Å². The van der Waals surface area contributed by atoms with Gasteiger partial charge in [-0.25, -0.2) is 0 Å². The SMILES string of the molecule is CCOc1cc(-c2nc(-c3ccc(C)cc3)no2)cc(OCC)c1OCC. The van der Waals surface area contributed by atoms with Gasteiger partial charge < -0.3 is 18.7 Å². The van der Waals surface area contributed by atoms with Gasteiger partial charge in [0.1, 0.15) is 0 Å². The van der Waals surface area contributed by atoms with Crippen LogP contribution in [0.4, 0.5) is 0 Å². The Bertz CT molecular complexity index is 860. The number of nitrogens with zero attached hydrogens (tertiary/aromatic N) is 2. The van der Waals surface area contributed by atoms with Gasteiger partial charge in [-0.15, -0.1) is 0 Å². The molecule has 0 aliphatic heterocycles. The molecule has 0 bridgehead atoms. The van der Waals surface area contributed by atoms with E-state index in [4.69, 9.17) is 18.7 Å². The van der Waals surface area contributed by atoms with Crippen molar-refractivity contribution in [2.45, 2.75) is 27.7 Å².